The molecule has 6 heteroatoms. The molecule has 0 fully saturated rings. The van der Waals surface area contributed by atoms with Crippen LogP contribution in [0.15, 0.2) is 42.7 Å². The number of urea groups is 1. The number of aliphatic hydroxyl groups excluding tert-OH is 1. The predicted octanol–water partition coefficient (Wildman–Crippen LogP) is 2.50. The largest absolute Gasteiger partial charge is 0.391 e. The van der Waals surface area contributed by atoms with Crippen LogP contribution in [0.4, 0.5) is 10.5 Å². The van der Waals surface area contributed by atoms with Crippen molar-refractivity contribution in [2.24, 2.45) is 0 Å². The molecule has 1 atom stereocenters. The number of carbonyl (C=O) groups is 1. The van der Waals surface area contributed by atoms with E-state index in [2.05, 4.69) is 20.6 Å². The minimum Gasteiger partial charge on any atom is -0.391 e. The molecule has 6 nitrogen and oxygen atoms in total. The molecular formula is C18H24N4O2. The van der Waals surface area contributed by atoms with Crippen LogP contribution in [-0.4, -0.2) is 33.8 Å². The van der Waals surface area contributed by atoms with Gasteiger partial charge in [-0.2, -0.15) is 0 Å². The molecule has 0 radical (unpaired) electrons. The number of nitrogens with zero attached hydrogens (tertiary/aromatic N) is 2. The van der Waals surface area contributed by atoms with Crippen molar-refractivity contribution in [1.82, 2.24) is 15.3 Å². The number of amides is 2. The van der Waals surface area contributed by atoms with Crippen LogP contribution < -0.4 is 10.6 Å². The molecule has 128 valence electrons. The van der Waals surface area contributed by atoms with Crippen LogP contribution in [0.2, 0.25) is 0 Å². The molecule has 0 spiro atoms. The predicted molar refractivity (Wildman–Crippen MR) is 93.9 cm³/mol. The lowest BCUT2D eigenvalue weighted by Crippen LogP contribution is -2.36. The zero-order valence-corrected chi connectivity index (χ0v) is 14.3. The molecule has 0 bridgehead atoms. The Morgan fingerprint density at radius 3 is 2.38 bits per heavy atom. The SMILES string of the molecule is CC(C)(C)c1ncc(NC(=O)NCC(O)Cc2ccccc2)cn1. The van der Waals surface area contributed by atoms with E-state index < -0.39 is 12.1 Å². The van der Waals surface area contributed by atoms with Gasteiger partial charge in [-0.05, 0) is 5.56 Å². The molecule has 24 heavy (non-hydrogen) atoms. The first kappa shape index (κ1) is 17.9. The summed E-state index contributed by atoms with van der Waals surface area (Å²) < 4.78 is 0. The molecule has 3 N–H and O–H groups in total. The Bertz CT molecular complexity index is 651. The van der Waals surface area contributed by atoms with Gasteiger partial charge >= 0.3 is 6.03 Å². The van der Waals surface area contributed by atoms with Crippen LogP contribution in [0.25, 0.3) is 0 Å². The highest BCUT2D eigenvalue weighted by atomic mass is 16.3. The van der Waals surface area contributed by atoms with Crippen LogP contribution in [0, 0.1) is 0 Å². The van der Waals surface area contributed by atoms with Crippen molar-refractivity contribution in [3.8, 4) is 0 Å². The first-order valence-corrected chi connectivity index (χ1v) is 7.94. The van der Waals surface area contributed by atoms with Gasteiger partial charge in [0.15, 0.2) is 0 Å². The molecule has 1 aromatic heterocycles. The van der Waals surface area contributed by atoms with Crippen LogP contribution in [0.3, 0.4) is 0 Å². The van der Waals surface area contributed by atoms with Gasteiger partial charge < -0.3 is 15.7 Å². The van der Waals surface area contributed by atoms with Crippen LogP contribution in [0.1, 0.15) is 32.2 Å². The summed E-state index contributed by atoms with van der Waals surface area (Å²) in [5.41, 5.74) is 1.40. The van der Waals surface area contributed by atoms with Gasteiger partial charge in [0.25, 0.3) is 0 Å². The second-order valence-corrected chi connectivity index (χ2v) is 6.72. The Labute approximate surface area is 142 Å². The number of benzene rings is 1. The average molecular weight is 328 g/mol. The highest BCUT2D eigenvalue weighted by Gasteiger charge is 2.17. The summed E-state index contributed by atoms with van der Waals surface area (Å²) in [6.07, 6.45) is 3.00. The van der Waals surface area contributed by atoms with Gasteiger partial charge in [-0.3, -0.25) is 0 Å². The van der Waals surface area contributed by atoms with E-state index in [1.54, 1.807) is 12.4 Å². The van der Waals surface area contributed by atoms with Gasteiger partial charge in [0, 0.05) is 18.4 Å². The molecule has 1 heterocycles. The Balaban J connectivity index is 1.78. The summed E-state index contributed by atoms with van der Waals surface area (Å²) in [5, 5.41) is 15.3. The van der Waals surface area contributed by atoms with Gasteiger partial charge in [0.1, 0.15) is 5.82 Å². The second-order valence-electron chi connectivity index (χ2n) is 6.72. The van der Waals surface area contributed by atoms with Crippen molar-refractivity contribution in [3.63, 3.8) is 0 Å². The highest BCUT2D eigenvalue weighted by Crippen LogP contribution is 2.18. The van der Waals surface area contributed by atoms with Crippen LogP contribution in [-0.2, 0) is 11.8 Å². The molecule has 0 aliphatic rings. The van der Waals surface area contributed by atoms with E-state index in [0.717, 1.165) is 5.56 Å². The number of hydrogen-bond donors (Lipinski definition) is 3. The fourth-order valence-electron chi connectivity index (χ4n) is 2.12. The zero-order valence-electron chi connectivity index (χ0n) is 14.3. The second kappa shape index (κ2) is 7.88. The van der Waals surface area contributed by atoms with Gasteiger partial charge in [-0.15, -0.1) is 0 Å². The Morgan fingerprint density at radius 2 is 1.79 bits per heavy atom. The van der Waals surface area contributed by atoms with Crippen LogP contribution in [0.5, 0.6) is 0 Å². The van der Waals surface area contributed by atoms with Gasteiger partial charge in [-0.1, -0.05) is 51.1 Å². The number of rotatable bonds is 5. The summed E-state index contributed by atoms with van der Waals surface area (Å²) in [4.78, 5) is 20.4. The molecule has 1 unspecified atom stereocenters. The molecular weight excluding hydrogens is 304 g/mol. The van der Waals surface area contributed by atoms with Crippen molar-refractivity contribution >= 4 is 11.7 Å². The molecule has 0 aliphatic heterocycles. The number of anilines is 1. The highest BCUT2D eigenvalue weighted by molar-refractivity contribution is 5.88. The Morgan fingerprint density at radius 1 is 1.17 bits per heavy atom. The van der Waals surface area contributed by atoms with E-state index in [9.17, 15) is 9.90 Å². The molecule has 0 aliphatic carbocycles. The third-order valence-electron chi connectivity index (χ3n) is 3.39. The van der Waals surface area contributed by atoms with E-state index >= 15 is 0 Å². The quantitative estimate of drug-likeness (QED) is 0.787. The minimum atomic E-state index is -0.641. The van der Waals surface area contributed by atoms with Crippen molar-refractivity contribution in [2.75, 3.05) is 11.9 Å². The molecule has 0 saturated carbocycles. The first-order valence-electron chi connectivity index (χ1n) is 7.94. The zero-order chi connectivity index (χ0) is 17.6. The van der Waals surface area contributed by atoms with E-state index in [0.29, 0.717) is 17.9 Å². The number of nitrogens with one attached hydrogen (secondary N) is 2. The first-order chi connectivity index (χ1) is 11.3. The van der Waals surface area contributed by atoms with E-state index in [1.807, 2.05) is 51.1 Å². The molecule has 0 saturated heterocycles. The van der Waals surface area contributed by atoms with Crippen molar-refractivity contribution < 1.29 is 9.90 Å². The van der Waals surface area contributed by atoms with Crippen molar-refractivity contribution in [3.05, 3.63) is 54.1 Å². The third-order valence-corrected chi connectivity index (χ3v) is 3.39. The average Bonchev–Trinajstić information content (AvgIpc) is 2.53. The van der Waals surface area contributed by atoms with Gasteiger partial charge in [-0.25, -0.2) is 14.8 Å². The van der Waals surface area contributed by atoms with Crippen molar-refractivity contribution in [1.29, 1.82) is 0 Å². The number of aliphatic hydroxyl groups is 1. The summed E-state index contributed by atoms with van der Waals surface area (Å²) in [6, 6.07) is 9.25. The summed E-state index contributed by atoms with van der Waals surface area (Å²) in [7, 11) is 0. The monoisotopic (exact) mass is 328 g/mol. The summed E-state index contributed by atoms with van der Waals surface area (Å²) in [5.74, 6) is 0.715. The third kappa shape index (κ3) is 5.62. The van der Waals surface area contributed by atoms with Crippen molar-refractivity contribution in [2.45, 2.75) is 38.7 Å². The lowest BCUT2D eigenvalue weighted by Gasteiger charge is -2.16. The molecule has 2 rings (SSSR count). The van der Waals surface area contributed by atoms with Gasteiger partial charge in [0.05, 0.1) is 24.2 Å². The summed E-state index contributed by atoms with van der Waals surface area (Å²) >= 11 is 0. The fraction of sp³-hybridized carbons (Fsp3) is 0.389. The maximum atomic E-state index is 11.9. The number of carbonyl (C=O) groups excluding carboxylic acids is 1. The Kier molecular flexibility index (Phi) is 5.87. The lowest BCUT2D eigenvalue weighted by molar-refractivity contribution is 0.172. The number of aromatic nitrogens is 2. The van der Waals surface area contributed by atoms with Crippen LogP contribution >= 0.6 is 0 Å². The fourth-order valence-corrected chi connectivity index (χ4v) is 2.12. The summed E-state index contributed by atoms with van der Waals surface area (Å²) in [6.45, 7) is 6.24. The topological polar surface area (TPSA) is 87.1 Å². The molecule has 2 amide bonds. The minimum absolute atomic E-state index is 0.137. The van der Waals surface area contributed by atoms with E-state index in [-0.39, 0.29) is 12.0 Å². The van der Waals surface area contributed by atoms with E-state index in [1.165, 1.54) is 0 Å². The standard InChI is InChI=1S/C18H24N4O2/c1-18(2,3)16-19-10-14(11-20-16)22-17(24)21-12-15(23)9-13-7-5-4-6-8-13/h4-8,10-11,15,23H,9,12H2,1-3H3,(H2,21,22,24). The number of hydrogen-bond acceptors (Lipinski definition) is 4. The lowest BCUT2D eigenvalue weighted by atomic mass is 9.96. The maximum Gasteiger partial charge on any atom is 0.319 e. The normalized spacial score (nSPS) is 12.5. The maximum absolute atomic E-state index is 11.9. The smallest absolute Gasteiger partial charge is 0.319 e. The molecule has 1 aromatic carbocycles. The molecule has 2 aromatic rings. The van der Waals surface area contributed by atoms with E-state index in [4.69, 9.17) is 0 Å². The van der Waals surface area contributed by atoms with Gasteiger partial charge in [0.2, 0.25) is 0 Å². The Hall–Kier alpha value is -2.47.